The maximum absolute atomic E-state index is 12.8. The van der Waals surface area contributed by atoms with E-state index in [0.717, 1.165) is 0 Å². The van der Waals surface area contributed by atoms with Crippen molar-refractivity contribution in [2.24, 2.45) is 5.41 Å². The minimum atomic E-state index is -0.357. The molecule has 1 aromatic carbocycles. The first-order valence-corrected chi connectivity index (χ1v) is 8.56. The molecule has 0 saturated carbocycles. The third-order valence-electron chi connectivity index (χ3n) is 4.83. The lowest BCUT2D eigenvalue weighted by Gasteiger charge is -2.32. The van der Waals surface area contributed by atoms with E-state index in [4.69, 9.17) is 0 Å². The number of hydrogen-bond acceptors (Lipinski definition) is 3. The van der Waals surface area contributed by atoms with E-state index in [2.05, 4.69) is 13.8 Å². The lowest BCUT2D eigenvalue weighted by atomic mass is 9.75. The van der Waals surface area contributed by atoms with Crippen molar-refractivity contribution in [3.63, 3.8) is 0 Å². The van der Waals surface area contributed by atoms with Crippen molar-refractivity contribution < 1.29 is 4.79 Å². The number of nitrogens with zero attached hydrogens (tertiary/aromatic N) is 2. The van der Waals surface area contributed by atoms with Crippen LogP contribution in [0.3, 0.4) is 0 Å². The van der Waals surface area contributed by atoms with Crippen molar-refractivity contribution >= 4 is 5.78 Å². The number of ketones is 1. The number of fused-ring (bicyclic) bond motifs is 1. The maximum atomic E-state index is 12.8. The maximum Gasteiger partial charge on any atom is 0.273 e. The van der Waals surface area contributed by atoms with Gasteiger partial charge in [-0.25, -0.2) is 0 Å². The molecule has 0 spiro atoms. The van der Waals surface area contributed by atoms with E-state index < -0.39 is 0 Å². The lowest BCUT2D eigenvalue weighted by Crippen LogP contribution is -2.35. The third kappa shape index (κ3) is 3.02. The second kappa shape index (κ2) is 6.00. The Kier molecular flexibility index (Phi) is 4.12. The Labute approximate surface area is 147 Å². The standard InChI is InChI=1S/C21H22N2O2/c1-13(2)14-5-7-16(8-6-14)23-18-10-21(3,4)11-19(24)17(18)9-15(12-22)20(23)25/h5-9,13H,10-11H2,1-4H3. The van der Waals surface area contributed by atoms with Gasteiger partial charge in [-0.05, 0) is 41.5 Å². The Balaban J connectivity index is 2.29. The average Bonchev–Trinajstić information content (AvgIpc) is 2.53. The van der Waals surface area contributed by atoms with Gasteiger partial charge in [0.2, 0.25) is 0 Å². The van der Waals surface area contributed by atoms with Crippen LogP contribution in [0.15, 0.2) is 35.1 Å². The lowest BCUT2D eigenvalue weighted by molar-refractivity contribution is 0.0909. The number of nitriles is 1. The summed E-state index contributed by atoms with van der Waals surface area (Å²) in [6, 6.07) is 11.2. The Hall–Kier alpha value is -2.67. The molecule has 1 aliphatic rings. The molecule has 25 heavy (non-hydrogen) atoms. The van der Waals surface area contributed by atoms with Crippen LogP contribution in [0.2, 0.25) is 0 Å². The van der Waals surface area contributed by atoms with E-state index in [9.17, 15) is 14.9 Å². The van der Waals surface area contributed by atoms with E-state index in [1.165, 1.54) is 11.6 Å². The van der Waals surface area contributed by atoms with Crippen molar-refractivity contribution in [3.05, 3.63) is 63.1 Å². The molecule has 4 nitrogen and oxygen atoms in total. The third-order valence-corrected chi connectivity index (χ3v) is 4.83. The number of carbonyl (C=O) groups excluding carboxylic acids is 1. The molecule has 1 heterocycles. The Morgan fingerprint density at radius 1 is 1.12 bits per heavy atom. The molecule has 1 aliphatic carbocycles. The highest BCUT2D eigenvalue weighted by molar-refractivity contribution is 5.99. The summed E-state index contributed by atoms with van der Waals surface area (Å²) in [5, 5.41) is 9.32. The summed E-state index contributed by atoms with van der Waals surface area (Å²) in [5.41, 5.74) is 2.55. The highest BCUT2D eigenvalue weighted by Gasteiger charge is 2.34. The molecule has 0 bridgehead atoms. The van der Waals surface area contributed by atoms with Crippen molar-refractivity contribution in [2.45, 2.75) is 46.5 Å². The molecule has 0 fully saturated rings. The van der Waals surface area contributed by atoms with Gasteiger partial charge in [-0.2, -0.15) is 5.26 Å². The Bertz CT molecular complexity index is 942. The van der Waals surface area contributed by atoms with Crippen LogP contribution < -0.4 is 5.56 Å². The highest BCUT2D eigenvalue weighted by atomic mass is 16.1. The molecule has 0 N–H and O–H groups in total. The molecule has 4 heteroatoms. The number of Topliss-reactive ketones (excluding diaryl/α,β-unsaturated/α-hetero) is 1. The van der Waals surface area contributed by atoms with Gasteiger partial charge in [0, 0.05) is 23.4 Å². The van der Waals surface area contributed by atoms with Gasteiger partial charge < -0.3 is 0 Å². The SMILES string of the molecule is CC(C)c1ccc(-n2c3c(cc(C#N)c2=O)C(=O)CC(C)(C)C3)cc1. The molecule has 0 atom stereocenters. The zero-order valence-corrected chi connectivity index (χ0v) is 15.1. The zero-order chi connectivity index (χ0) is 18.4. The van der Waals surface area contributed by atoms with Crippen LogP contribution in [0.4, 0.5) is 0 Å². The topological polar surface area (TPSA) is 62.9 Å². The first-order chi connectivity index (χ1) is 11.7. The van der Waals surface area contributed by atoms with Crippen LogP contribution in [0.1, 0.15) is 67.2 Å². The quantitative estimate of drug-likeness (QED) is 0.834. The minimum absolute atomic E-state index is 0.00435. The van der Waals surface area contributed by atoms with Crippen molar-refractivity contribution in [2.75, 3.05) is 0 Å². The van der Waals surface area contributed by atoms with Crippen LogP contribution in [0, 0.1) is 16.7 Å². The summed E-state index contributed by atoms with van der Waals surface area (Å²) in [7, 11) is 0. The number of aromatic nitrogens is 1. The summed E-state index contributed by atoms with van der Waals surface area (Å²) in [4.78, 5) is 25.4. The van der Waals surface area contributed by atoms with Gasteiger partial charge in [0.25, 0.3) is 5.56 Å². The smallest absolute Gasteiger partial charge is 0.273 e. The molecule has 0 unspecified atom stereocenters. The van der Waals surface area contributed by atoms with Gasteiger partial charge >= 0.3 is 0 Å². The van der Waals surface area contributed by atoms with Gasteiger partial charge in [0.05, 0.1) is 0 Å². The van der Waals surface area contributed by atoms with Gasteiger partial charge in [-0.3, -0.25) is 14.2 Å². The fraction of sp³-hybridized carbons (Fsp3) is 0.381. The fourth-order valence-corrected chi connectivity index (χ4v) is 3.48. The van der Waals surface area contributed by atoms with Crippen LogP contribution in [-0.4, -0.2) is 10.4 Å². The minimum Gasteiger partial charge on any atom is -0.294 e. The molecule has 3 rings (SSSR count). The summed E-state index contributed by atoms with van der Waals surface area (Å²) in [6.07, 6.45) is 1.05. The molecule has 0 saturated heterocycles. The fourth-order valence-electron chi connectivity index (χ4n) is 3.48. The van der Waals surface area contributed by atoms with Crippen LogP contribution >= 0.6 is 0 Å². The van der Waals surface area contributed by atoms with Crippen molar-refractivity contribution in [3.8, 4) is 11.8 Å². The number of benzene rings is 1. The van der Waals surface area contributed by atoms with E-state index in [0.29, 0.717) is 35.7 Å². The molecular formula is C21H22N2O2. The predicted octanol–water partition coefficient (Wildman–Crippen LogP) is 3.99. The molecule has 0 amide bonds. The first kappa shape index (κ1) is 17.2. The molecule has 0 radical (unpaired) electrons. The van der Waals surface area contributed by atoms with Gasteiger partial charge in [0.1, 0.15) is 11.6 Å². The van der Waals surface area contributed by atoms with Gasteiger partial charge in [-0.1, -0.05) is 39.8 Å². The second-order valence-electron chi connectivity index (χ2n) is 7.86. The van der Waals surface area contributed by atoms with E-state index in [1.807, 2.05) is 44.2 Å². The van der Waals surface area contributed by atoms with E-state index in [-0.39, 0.29) is 22.3 Å². The summed E-state index contributed by atoms with van der Waals surface area (Å²) >= 11 is 0. The van der Waals surface area contributed by atoms with Crippen LogP contribution in [-0.2, 0) is 6.42 Å². The second-order valence-corrected chi connectivity index (χ2v) is 7.86. The summed E-state index contributed by atoms with van der Waals surface area (Å²) < 4.78 is 1.55. The van der Waals surface area contributed by atoms with E-state index >= 15 is 0 Å². The normalized spacial score (nSPS) is 15.8. The number of rotatable bonds is 2. The number of pyridine rings is 1. The Morgan fingerprint density at radius 3 is 2.32 bits per heavy atom. The van der Waals surface area contributed by atoms with Crippen molar-refractivity contribution in [1.29, 1.82) is 5.26 Å². The predicted molar refractivity (Wildman–Crippen MR) is 97.3 cm³/mol. The summed E-state index contributed by atoms with van der Waals surface area (Å²) in [6.45, 7) is 8.28. The van der Waals surface area contributed by atoms with Gasteiger partial charge in [0.15, 0.2) is 5.78 Å². The summed E-state index contributed by atoms with van der Waals surface area (Å²) in [5.74, 6) is 0.390. The average molecular weight is 334 g/mol. The molecular weight excluding hydrogens is 312 g/mol. The molecule has 2 aromatic rings. The van der Waals surface area contributed by atoms with E-state index in [1.54, 1.807) is 4.57 Å². The highest BCUT2D eigenvalue weighted by Crippen LogP contribution is 2.35. The zero-order valence-electron chi connectivity index (χ0n) is 15.1. The van der Waals surface area contributed by atoms with Gasteiger partial charge in [-0.15, -0.1) is 0 Å². The Morgan fingerprint density at radius 2 is 1.76 bits per heavy atom. The van der Waals surface area contributed by atoms with Crippen LogP contribution in [0.5, 0.6) is 0 Å². The largest absolute Gasteiger partial charge is 0.294 e. The number of carbonyl (C=O) groups is 1. The first-order valence-electron chi connectivity index (χ1n) is 8.56. The monoisotopic (exact) mass is 334 g/mol. The number of hydrogen-bond donors (Lipinski definition) is 0. The molecule has 128 valence electrons. The molecule has 0 aliphatic heterocycles. The van der Waals surface area contributed by atoms with Crippen LogP contribution in [0.25, 0.3) is 5.69 Å². The molecule has 1 aromatic heterocycles. The van der Waals surface area contributed by atoms with Crippen molar-refractivity contribution in [1.82, 2.24) is 4.57 Å².